The van der Waals surface area contributed by atoms with Gasteiger partial charge < -0.3 is 4.74 Å². The van der Waals surface area contributed by atoms with E-state index in [0.29, 0.717) is 22.0 Å². The Morgan fingerprint density at radius 1 is 1.15 bits per heavy atom. The first-order valence-electron chi connectivity index (χ1n) is 5.91. The van der Waals surface area contributed by atoms with Gasteiger partial charge in [0, 0.05) is 23.7 Å². The Balaban J connectivity index is 1.96. The summed E-state index contributed by atoms with van der Waals surface area (Å²) < 4.78 is 6.77. The number of hydrogen-bond acceptors (Lipinski definition) is 7. The first-order chi connectivity index (χ1) is 9.65. The summed E-state index contributed by atoms with van der Waals surface area (Å²) in [6.07, 6.45) is 1.64. The molecule has 0 aliphatic carbocycles. The molecule has 3 aromatic rings. The highest BCUT2D eigenvalue weighted by Gasteiger charge is 2.11. The maximum absolute atomic E-state index is 5.06. The first-order valence-corrected chi connectivity index (χ1v) is 6.73. The van der Waals surface area contributed by atoms with Crippen LogP contribution in [0.2, 0.25) is 0 Å². The van der Waals surface area contributed by atoms with E-state index in [-0.39, 0.29) is 0 Å². The molecule has 0 atom stereocenters. The maximum atomic E-state index is 5.06. The van der Waals surface area contributed by atoms with Crippen molar-refractivity contribution in [2.24, 2.45) is 0 Å². The van der Waals surface area contributed by atoms with E-state index in [1.807, 2.05) is 19.9 Å². The molecule has 3 heterocycles. The van der Waals surface area contributed by atoms with Crippen molar-refractivity contribution in [1.82, 2.24) is 29.5 Å². The Morgan fingerprint density at radius 2 is 2.00 bits per heavy atom. The zero-order chi connectivity index (χ0) is 14.1. The van der Waals surface area contributed by atoms with Crippen LogP contribution in [-0.4, -0.2) is 36.7 Å². The van der Waals surface area contributed by atoms with Gasteiger partial charge in [-0.15, -0.1) is 5.10 Å². The van der Waals surface area contributed by atoms with E-state index in [4.69, 9.17) is 4.74 Å². The Morgan fingerprint density at radius 3 is 2.80 bits per heavy atom. The molecule has 0 N–H and O–H groups in total. The molecule has 0 radical (unpaired) electrons. The molecular weight excluding hydrogens is 276 g/mol. The van der Waals surface area contributed by atoms with E-state index in [1.165, 1.54) is 11.8 Å². The minimum absolute atomic E-state index is 0.511. The molecule has 0 amide bonds. The highest BCUT2D eigenvalue weighted by atomic mass is 32.2. The number of rotatable bonds is 3. The Hall–Kier alpha value is -2.22. The molecular formula is C12H12N6OS. The first kappa shape index (κ1) is 12.8. The molecule has 0 spiro atoms. The monoisotopic (exact) mass is 288 g/mol. The summed E-state index contributed by atoms with van der Waals surface area (Å²) in [7, 11) is 1.57. The van der Waals surface area contributed by atoms with Crippen molar-refractivity contribution in [3.63, 3.8) is 0 Å². The molecule has 0 fully saturated rings. The molecule has 3 rings (SSSR count). The van der Waals surface area contributed by atoms with Gasteiger partial charge in [0.05, 0.1) is 7.11 Å². The van der Waals surface area contributed by atoms with Gasteiger partial charge in [-0.05, 0) is 31.7 Å². The van der Waals surface area contributed by atoms with E-state index in [0.717, 1.165) is 11.4 Å². The predicted molar refractivity (Wildman–Crippen MR) is 73.0 cm³/mol. The van der Waals surface area contributed by atoms with Crippen molar-refractivity contribution in [3.05, 3.63) is 29.7 Å². The van der Waals surface area contributed by atoms with Crippen molar-refractivity contribution in [2.45, 2.75) is 24.2 Å². The van der Waals surface area contributed by atoms with Crippen molar-refractivity contribution in [3.8, 4) is 5.88 Å². The standard InChI is InChI=1S/C12H12N6OS/c1-7-6-8(2)18-10(14-7)16-12(17-18)20-11-13-5-4-9(15-11)19-3/h4-6H,1-3H3. The predicted octanol–water partition coefficient (Wildman–Crippen LogP) is 1.69. The van der Waals surface area contributed by atoms with Gasteiger partial charge in [-0.25, -0.2) is 14.5 Å². The normalized spacial score (nSPS) is 10.9. The van der Waals surface area contributed by atoms with Gasteiger partial charge in [-0.2, -0.15) is 9.97 Å². The van der Waals surface area contributed by atoms with Gasteiger partial charge in [0.25, 0.3) is 5.78 Å². The fourth-order valence-corrected chi connectivity index (χ4v) is 2.42. The van der Waals surface area contributed by atoms with E-state index in [9.17, 15) is 0 Å². The highest BCUT2D eigenvalue weighted by molar-refractivity contribution is 7.99. The molecule has 0 aromatic carbocycles. The largest absolute Gasteiger partial charge is 0.481 e. The lowest BCUT2D eigenvalue weighted by Crippen LogP contribution is -1.97. The maximum Gasteiger partial charge on any atom is 0.253 e. The van der Waals surface area contributed by atoms with Gasteiger partial charge in [0.15, 0.2) is 5.16 Å². The summed E-state index contributed by atoms with van der Waals surface area (Å²) in [6, 6.07) is 3.65. The summed E-state index contributed by atoms with van der Waals surface area (Å²) in [5, 5.41) is 5.48. The Kier molecular flexibility index (Phi) is 3.23. The van der Waals surface area contributed by atoms with E-state index >= 15 is 0 Å². The molecule has 8 heteroatoms. The summed E-state index contributed by atoms with van der Waals surface area (Å²) in [5.74, 6) is 1.09. The van der Waals surface area contributed by atoms with Crippen LogP contribution in [0.25, 0.3) is 5.78 Å². The van der Waals surface area contributed by atoms with Crippen LogP contribution < -0.4 is 4.74 Å². The number of hydrogen-bond donors (Lipinski definition) is 0. The van der Waals surface area contributed by atoms with Crippen LogP contribution in [0, 0.1) is 13.8 Å². The number of aromatic nitrogens is 6. The second-order valence-corrected chi connectivity index (χ2v) is 5.06. The Bertz CT molecular complexity index is 772. The van der Waals surface area contributed by atoms with Crippen molar-refractivity contribution < 1.29 is 4.74 Å². The molecule has 20 heavy (non-hydrogen) atoms. The third-order valence-electron chi connectivity index (χ3n) is 2.60. The molecule has 0 aliphatic rings. The summed E-state index contributed by atoms with van der Waals surface area (Å²) in [5.41, 5.74) is 1.90. The minimum Gasteiger partial charge on any atom is -0.481 e. The smallest absolute Gasteiger partial charge is 0.253 e. The fourth-order valence-electron chi connectivity index (χ4n) is 1.76. The van der Waals surface area contributed by atoms with Gasteiger partial charge in [-0.3, -0.25) is 0 Å². The summed E-state index contributed by atoms with van der Waals surface area (Å²) >= 11 is 1.27. The minimum atomic E-state index is 0.511. The van der Waals surface area contributed by atoms with Gasteiger partial charge in [0.1, 0.15) is 0 Å². The number of aryl methyl sites for hydroxylation is 2. The second kappa shape index (κ2) is 5.04. The third-order valence-corrected chi connectivity index (χ3v) is 3.33. The van der Waals surface area contributed by atoms with E-state index in [1.54, 1.807) is 23.9 Å². The summed E-state index contributed by atoms with van der Waals surface area (Å²) in [6.45, 7) is 3.90. The summed E-state index contributed by atoms with van der Waals surface area (Å²) in [4.78, 5) is 17.1. The number of fused-ring (bicyclic) bond motifs is 1. The highest BCUT2D eigenvalue weighted by Crippen LogP contribution is 2.23. The van der Waals surface area contributed by atoms with Crippen LogP contribution in [0.15, 0.2) is 28.6 Å². The fraction of sp³-hybridized carbons (Fsp3) is 0.250. The average molecular weight is 288 g/mol. The quantitative estimate of drug-likeness (QED) is 0.678. The van der Waals surface area contributed by atoms with Gasteiger partial charge >= 0.3 is 0 Å². The topological polar surface area (TPSA) is 78.1 Å². The SMILES string of the molecule is COc1ccnc(Sc2nc3nc(C)cc(C)n3n2)n1. The van der Waals surface area contributed by atoms with E-state index < -0.39 is 0 Å². The van der Waals surface area contributed by atoms with Crippen LogP contribution in [0.3, 0.4) is 0 Å². The lowest BCUT2D eigenvalue weighted by atomic mass is 10.4. The average Bonchev–Trinajstić information content (AvgIpc) is 2.81. The molecule has 0 saturated heterocycles. The lowest BCUT2D eigenvalue weighted by Gasteiger charge is -1.99. The number of nitrogens with zero attached hydrogens (tertiary/aromatic N) is 6. The van der Waals surface area contributed by atoms with Crippen molar-refractivity contribution >= 4 is 17.5 Å². The Labute approximate surface area is 119 Å². The van der Waals surface area contributed by atoms with Crippen LogP contribution >= 0.6 is 11.8 Å². The molecule has 0 unspecified atom stereocenters. The molecule has 102 valence electrons. The zero-order valence-electron chi connectivity index (χ0n) is 11.2. The molecule has 0 saturated carbocycles. The molecule has 0 aliphatic heterocycles. The van der Waals surface area contributed by atoms with Crippen molar-refractivity contribution in [2.75, 3.05) is 7.11 Å². The van der Waals surface area contributed by atoms with Crippen LogP contribution in [-0.2, 0) is 0 Å². The molecule has 0 bridgehead atoms. The van der Waals surface area contributed by atoms with Gasteiger partial charge in [0.2, 0.25) is 11.0 Å². The second-order valence-electron chi connectivity index (χ2n) is 4.13. The zero-order valence-corrected chi connectivity index (χ0v) is 12.0. The van der Waals surface area contributed by atoms with Gasteiger partial charge in [-0.1, -0.05) is 0 Å². The number of ether oxygens (including phenoxy) is 1. The van der Waals surface area contributed by atoms with Crippen LogP contribution in [0.1, 0.15) is 11.4 Å². The van der Waals surface area contributed by atoms with Crippen LogP contribution in [0.5, 0.6) is 5.88 Å². The van der Waals surface area contributed by atoms with Crippen molar-refractivity contribution in [1.29, 1.82) is 0 Å². The third kappa shape index (κ3) is 2.42. The van der Waals surface area contributed by atoms with E-state index in [2.05, 4.69) is 25.0 Å². The van der Waals surface area contributed by atoms with Crippen LogP contribution in [0.4, 0.5) is 0 Å². The molecule has 3 aromatic heterocycles. The number of methoxy groups -OCH3 is 1. The molecule has 7 nitrogen and oxygen atoms in total. The lowest BCUT2D eigenvalue weighted by molar-refractivity contribution is 0.392.